The van der Waals surface area contributed by atoms with Crippen LogP contribution in [0.2, 0.25) is 0 Å². The van der Waals surface area contributed by atoms with Crippen molar-refractivity contribution in [3.63, 3.8) is 0 Å². The van der Waals surface area contributed by atoms with Gasteiger partial charge in [-0.1, -0.05) is 145 Å². The van der Waals surface area contributed by atoms with Crippen LogP contribution < -0.4 is 0 Å². The summed E-state index contributed by atoms with van der Waals surface area (Å²) < 4.78 is 1.12. The van der Waals surface area contributed by atoms with Crippen molar-refractivity contribution in [2.45, 2.75) is 52.4 Å². The third kappa shape index (κ3) is 6.18. The predicted molar refractivity (Wildman–Crippen MR) is 224 cm³/mol. The average molecular weight is 695 g/mol. The molecule has 0 atom stereocenters. The summed E-state index contributed by atoms with van der Waals surface area (Å²) >= 11 is 1.70. The third-order valence-electron chi connectivity index (χ3n) is 9.97. The van der Waals surface area contributed by atoms with E-state index < -0.39 is 0 Å². The summed E-state index contributed by atoms with van der Waals surface area (Å²) in [5, 5.41) is 17.2. The summed E-state index contributed by atoms with van der Waals surface area (Å²) in [5.74, 6) is 0.280. The molecule has 4 heteroatoms. The van der Waals surface area contributed by atoms with Crippen LogP contribution in [-0.4, -0.2) is 16.3 Å². The largest absolute Gasteiger partial charge is 0.507 e. The van der Waals surface area contributed by atoms with Gasteiger partial charge in [-0.05, 0) is 85.0 Å². The fourth-order valence-electron chi connectivity index (χ4n) is 7.11. The Hall–Kier alpha value is -5.58. The number of aliphatic imine (C=N–C) groups is 1. The number of hydrogen-bond acceptors (Lipinski definition) is 4. The van der Waals surface area contributed by atoms with E-state index >= 15 is 0 Å². The van der Waals surface area contributed by atoms with Gasteiger partial charge in [-0.2, -0.15) is 0 Å². The number of aromatic nitrogens is 1. The van der Waals surface area contributed by atoms with Gasteiger partial charge in [0.1, 0.15) is 10.8 Å². The first-order valence-electron chi connectivity index (χ1n) is 17.9. The number of thiazole rings is 1. The zero-order chi connectivity index (χ0) is 36.2. The summed E-state index contributed by atoms with van der Waals surface area (Å²) in [6, 6.07) is 47.2. The molecular weight excluding hydrogens is 653 g/mol. The highest BCUT2D eigenvalue weighted by atomic mass is 32.1. The van der Waals surface area contributed by atoms with Crippen molar-refractivity contribution < 1.29 is 5.11 Å². The number of para-hydroxylation sites is 1. The van der Waals surface area contributed by atoms with E-state index in [2.05, 4.69) is 157 Å². The molecule has 0 unspecified atom stereocenters. The number of rotatable bonds is 5. The summed E-state index contributed by atoms with van der Waals surface area (Å²) in [5.41, 5.74) is 9.88. The Kier molecular flexibility index (Phi) is 8.31. The monoisotopic (exact) mass is 694 g/mol. The molecule has 0 aliphatic carbocycles. The van der Waals surface area contributed by atoms with Gasteiger partial charge in [-0.3, -0.25) is 4.99 Å². The molecule has 0 radical (unpaired) electrons. The second kappa shape index (κ2) is 12.9. The van der Waals surface area contributed by atoms with Crippen LogP contribution in [0.15, 0.2) is 138 Å². The quantitative estimate of drug-likeness (QED) is 0.182. The minimum absolute atomic E-state index is 0.0815. The zero-order valence-electron chi connectivity index (χ0n) is 30.5. The van der Waals surface area contributed by atoms with Gasteiger partial charge in [-0.25, -0.2) is 4.98 Å². The molecular formula is C48H42N2OS. The summed E-state index contributed by atoms with van der Waals surface area (Å²) in [6.45, 7) is 13.0. The van der Waals surface area contributed by atoms with E-state index in [0.717, 1.165) is 54.3 Å². The van der Waals surface area contributed by atoms with Crippen LogP contribution in [0.5, 0.6) is 5.75 Å². The number of benzene rings is 7. The van der Waals surface area contributed by atoms with Gasteiger partial charge in [0.2, 0.25) is 0 Å². The Morgan fingerprint density at radius 1 is 0.596 bits per heavy atom. The van der Waals surface area contributed by atoms with Crippen LogP contribution in [0, 0.1) is 0 Å². The van der Waals surface area contributed by atoms with Crippen molar-refractivity contribution >= 4 is 55.0 Å². The SMILES string of the molecule is CC(C)(C)c1cc(C=Nc2ccccc2-c2nc3c(-c4cccc5ccccc45)cc(-c4cccc5ccccc45)cc3s2)c(O)c(C(C)(C)C)c1. The van der Waals surface area contributed by atoms with Crippen molar-refractivity contribution in [2.75, 3.05) is 0 Å². The molecule has 1 heterocycles. The molecule has 8 aromatic rings. The summed E-state index contributed by atoms with van der Waals surface area (Å²) in [6.07, 6.45) is 1.81. The molecule has 1 N–H and O–H groups in total. The fourth-order valence-corrected chi connectivity index (χ4v) is 8.18. The smallest absolute Gasteiger partial charge is 0.128 e. The zero-order valence-corrected chi connectivity index (χ0v) is 31.3. The first-order chi connectivity index (χ1) is 25.0. The lowest BCUT2D eigenvalue weighted by Crippen LogP contribution is -2.17. The minimum atomic E-state index is -0.223. The van der Waals surface area contributed by atoms with Crippen LogP contribution in [-0.2, 0) is 10.8 Å². The van der Waals surface area contributed by atoms with Gasteiger partial charge in [0, 0.05) is 28.5 Å². The van der Waals surface area contributed by atoms with E-state index in [1.165, 1.54) is 32.7 Å². The number of hydrogen-bond donors (Lipinski definition) is 1. The molecule has 3 nitrogen and oxygen atoms in total. The highest BCUT2D eigenvalue weighted by molar-refractivity contribution is 7.21. The Bertz CT molecular complexity index is 2660. The highest BCUT2D eigenvalue weighted by Crippen LogP contribution is 2.44. The van der Waals surface area contributed by atoms with E-state index in [1.807, 2.05) is 24.4 Å². The number of nitrogens with zero attached hydrogens (tertiary/aromatic N) is 2. The lowest BCUT2D eigenvalue weighted by atomic mass is 9.79. The summed E-state index contributed by atoms with van der Waals surface area (Å²) in [4.78, 5) is 10.4. The molecule has 7 aromatic carbocycles. The molecule has 0 amide bonds. The summed E-state index contributed by atoms with van der Waals surface area (Å²) in [7, 11) is 0. The maximum absolute atomic E-state index is 11.5. The maximum Gasteiger partial charge on any atom is 0.128 e. The number of phenolic OH excluding ortho intramolecular Hbond substituents is 1. The van der Waals surface area contributed by atoms with Crippen molar-refractivity contribution in [2.24, 2.45) is 4.99 Å². The molecule has 0 spiro atoms. The lowest BCUT2D eigenvalue weighted by molar-refractivity contribution is 0.444. The Morgan fingerprint density at radius 2 is 1.19 bits per heavy atom. The van der Waals surface area contributed by atoms with Gasteiger partial charge in [0.05, 0.1) is 15.9 Å². The molecule has 52 heavy (non-hydrogen) atoms. The van der Waals surface area contributed by atoms with Crippen molar-refractivity contribution in [1.82, 2.24) is 4.98 Å². The molecule has 0 saturated carbocycles. The number of aromatic hydroxyl groups is 1. The van der Waals surface area contributed by atoms with Crippen LogP contribution in [0.3, 0.4) is 0 Å². The van der Waals surface area contributed by atoms with Gasteiger partial charge in [0.25, 0.3) is 0 Å². The standard InChI is InChI=1S/C48H42N2OS/c1-47(2,3)34-25-33(45(51)41(28-34)48(4,5)6)29-49-42-24-12-11-21-39(42)46-50-44-40(38-23-14-18-31-16-8-10-20-36(31)38)26-32(27-43(44)52-46)37-22-13-17-30-15-7-9-19-35(30)37/h7-29,51H,1-6H3. The molecule has 0 bridgehead atoms. The Balaban J connectivity index is 1.31. The van der Waals surface area contributed by atoms with Crippen molar-refractivity contribution in [3.8, 4) is 38.6 Å². The van der Waals surface area contributed by atoms with Crippen LogP contribution in [0.4, 0.5) is 5.69 Å². The highest BCUT2D eigenvalue weighted by Gasteiger charge is 2.25. The average Bonchev–Trinajstić information content (AvgIpc) is 3.57. The van der Waals surface area contributed by atoms with Gasteiger partial charge < -0.3 is 5.11 Å². The lowest BCUT2D eigenvalue weighted by Gasteiger charge is -2.27. The molecule has 8 rings (SSSR count). The third-order valence-corrected chi connectivity index (χ3v) is 11.0. The maximum atomic E-state index is 11.5. The Labute approximate surface area is 310 Å². The topological polar surface area (TPSA) is 45.5 Å². The van der Waals surface area contributed by atoms with Crippen LogP contribution in [0.25, 0.3) is 64.6 Å². The molecule has 0 aliphatic rings. The fraction of sp³-hybridized carbons (Fsp3) is 0.167. The Morgan fingerprint density at radius 3 is 1.88 bits per heavy atom. The molecule has 0 aliphatic heterocycles. The van der Waals surface area contributed by atoms with Crippen LogP contribution in [0.1, 0.15) is 58.2 Å². The van der Waals surface area contributed by atoms with E-state index in [1.54, 1.807) is 11.3 Å². The number of fused-ring (bicyclic) bond motifs is 3. The van der Waals surface area contributed by atoms with E-state index in [0.29, 0.717) is 0 Å². The molecule has 256 valence electrons. The van der Waals surface area contributed by atoms with Gasteiger partial charge in [0.15, 0.2) is 0 Å². The van der Waals surface area contributed by atoms with Gasteiger partial charge >= 0.3 is 0 Å². The molecule has 1 aromatic heterocycles. The number of phenols is 1. The second-order valence-electron chi connectivity index (χ2n) is 15.7. The first kappa shape index (κ1) is 33.6. The van der Waals surface area contributed by atoms with Crippen molar-refractivity contribution in [1.29, 1.82) is 0 Å². The van der Waals surface area contributed by atoms with Gasteiger partial charge in [-0.15, -0.1) is 11.3 Å². The minimum Gasteiger partial charge on any atom is -0.507 e. The van der Waals surface area contributed by atoms with E-state index in [4.69, 9.17) is 9.98 Å². The van der Waals surface area contributed by atoms with E-state index in [9.17, 15) is 5.11 Å². The van der Waals surface area contributed by atoms with Crippen LogP contribution >= 0.6 is 11.3 Å². The predicted octanol–water partition coefficient (Wildman–Crippen LogP) is 13.7. The normalized spacial score (nSPS) is 12.4. The van der Waals surface area contributed by atoms with Crippen molar-refractivity contribution in [3.05, 3.63) is 150 Å². The molecule has 0 fully saturated rings. The first-order valence-corrected chi connectivity index (χ1v) is 18.7. The van der Waals surface area contributed by atoms with E-state index in [-0.39, 0.29) is 16.6 Å². The molecule has 0 saturated heterocycles. The second-order valence-corrected chi connectivity index (χ2v) is 16.7.